The van der Waals surface area contributed by atoms with Gasteiger partial charge in [-0.15, -0.1) is 0 Å². The van der Waals surface area contributed by atoms with E-state index in [0.717, 1.165) is 48.8 Å². The zero-order valence-electron chi connectivity index (χ0n) is 14.9. The van der Waals surface area contributed by atoms with E-state index in [1.165, 1.54) is 0 Å². The first-order valence-corrected chi connectivity index (χ1v) is 8.78. The number of methoxy groups -OCH3 is 1. The van der Waals surface area contributed by atoms with Crippen LogP contribution in [0.4, 0.5) is 11.5 Å². The molecule has 1 saturated heterocycles. The lowest BCUT2D eigenvalue weighted by atomic mass is 10.1. The van der Waals surface area contributed by atoms with Gasteiger partial charge in [-0.05, 0) is 44.0 Å². The van der Waals surface area contributed by atoms with Crippen molar-refractivity contribution in [1.29, 1.82) is 0 Å². The van der Waals surface area contributed by atoms with Crippen LogP contribution in [-0.2, 0) is 6.42 Å². The molecule has 2 heterocycles. The Balaban J connectivity index is 1.62. The molecule has 134 valence electrons. The molecule has 0 spiro atoms. The Morgan fingerprint density at radius 2 is 2.12 bits per heavy atom. The van der Waals surface area contributed by atoms with Crippen LogP contribution in [0.3, 0.4) is 0 Å². The van der Waals surface area contributed by atoms with Crippen LogP contribution < -0.4 is 15.0 Å². The predicted molar refractivity (Wildman–Crippen MR) is 99.3 cm³/mol. The molecule has 1 aromatic carbocycles. The zero-order valence-corrected chi connectivity index (χ0v) is 14.9. The summed E-state index contributed by atoms with van der Waals surface area (Å²) in [5.74, 6) is 1.76. The lowest BCUT2D eigenvalue weighted by Crippen LogP contribution is -2.33. The van der Waals surface area contributed by atoms with Crippen molar-refractivity contribution in [2.75, 3.05) is 30.5 Å². The quantitative estimate of drug-likeness (QED) is 0.806. The first-order valence-electron chi connectivity index (χ1n) is 8.78. The van der Waals surface area contributed by atoms with Gasteiger partial charge in [-0.25, -0.2) is 9.97 Å². The minimum Gasteiger partial charge on any atom is -0.497 e. The average molecular weight is 342 g/mol. The van der Waals surface area contributed by atoms with Gasteiger partial charge in [0, 0.05) is 36.5 Å². The highest BCUT2D eigenvalue weighted by atomic mass is 16.5. The maximum absolute atomic E-state index is 9.51. The van der Waals surface area contributed by atoms with Gasteiger partial charge < -0.3 is 20.1 Å². The summed E-state index contributed by atoms with van der Waals surface area (Å²) in [5.41, 5.74) is 2.06. The van der Waals surface area contributed by atoms with Crippen molar-refractivity contribution in [3.8, 4) is 5.75 Å². The first kappa shape index (κ1) is 17.5. The van der Waals surface area contributed by atoms with E-state index in [9.17, 15) is 5.11 Å². The highest BCUT2D eigenvalue weighted by molar-refractivity contribution is 5.47. The van der Waals surface area contributed by atoms with Crippen LogP contribution in [0, 0.1) is 0 Å². The second kappa shape index (κ2) is 8.16. The number of rotatable bonds is 7. The Bertz CT molecular complexity index is 677. The standard InChI is InChI=1S/C19H26N4O2/c1-14(22-15-5-7-18(25-2)8-6-15)10-16-11-19(21-13-20-16)23-9-3-4-17(23)12-24/h5-8,11,13-14,17,22,24H,3-4,9-10,12H2,1-2H3. The van der Waals surface area contributed by atoms with Crippen molar-refractivity contribution < 1.29 is 9.84 Å². The van der Waals surface area contributed by atoms with E-state index in [1.807, 2.05) is 30.3 Å². The summed E-state index contributed by atoms with van der Waals surface area (Å²) in [6, 6.07) is 10.4. The average Bonchev–Trinajstić information content (AvgIpc) is 3.11. The fraction of sp³-hybridized carbons (Fsp3) is 0.474. The van der Waals surface area contributed by atoms with Crippen molar-refractivity contribution in [2.45, 2.75) is 38.3 Å². The van der Waals surface area contributed by atoms with Gasteiger partial charge in [0.05, 0.1) is 19.8 Å². The number of aliphatic hydroxyl groups excluding tert-OH is 1. The molecule has 0 amide bonds. The number of benzene rings is 1. The van der Waals surface area contributed by atoms with E-state index < -0.39 is 0 Å². The van der Waals surface area contributed by atoms with Crippen LogP contribution in [-0.4, -0.2) is 47.4 Å². The van der Waals surface area contributed by atoms with Gasteiger partial charge in [-0.2, -0.15) is 0 Å². The Morgan fingerprint density at radius 3 is 2.84 bits per heavy atom. The molecular formula is C19H26N4O2. The molecule has 2 aromatic rings. The summed E-state index contributed by atoms with van der Waals surface area (Å²) in [7, 11) is 1.67. The van der Waals surface area contributed by atoms with Gasteiger partial charge in [0.15, 0.2) is 0 Å². The molecule has 2 N–H and O–H groups in total. The molecule has 0 saturated carbocycles. The topological polar surface area (TPSA) is 70.5 Å². The fourth-order valence-electron chi connectivity index (χ4n) is 3.32. The zero-order chi connectivity index (χ0) is 17.6. The number of ether oxygens (including phenoxy) is 1. The Labute approximate surface area is 148 Å². The maximum Gasteiger partial charge on any atom is 0.132 e. The SMILES string of the molecule is COc1ccc(NC(C)Cc2cc(N3CCCC3CO)ncn2)cc1. The second-order valence-corrected chi connectivity index (χ2v) is 6.52. The third kappa shape index (κ3) is 4.39. The van der Waals surface area contributed by atoms with Crippen LogP contribution in [0.5, 0.6) is 5.75 Å². The minimum absolute atomic E-state index is 0.175. The van der Waals surface area contributed by atoms with Crippen molar-refractivity contribution in [3.05, 3.63) is 42.4 Å². The largest absolute Gasteiger partial charge is 0.497 e. The molecule has 1 fully saturated rings. The summed E-state index contributed by atoms with van der Waals surface area (Å²) in [6.45, 7) is 3.26. The lowest BCUT2D eigenvalue weighted by Gasteiger charge is -2.24. The summed E-state index contributed by atoms with van der Waals surface area (Å²) in [5, 5.41) is 13.0. The molecule has 1 aliphatic heterocycles. The molecule has 1 aromatic heterocycles. The van der Waals surface area contributed by atoms with Crippen LogP contribution >= 0.6 is 0 Å². The van der Waals surface area contributed by atoms with Crippen LogP contribution in [0.2, 0.25) is 0 Å². The predicted octanol–water partition coefficient (Wildman–Crippen LogP) is 2.49. The number of hydrogen-bond acceptors (Lipinski definition) is 6. The Kier molecular flexibility index (Phi) is 5.71. The van der Waals surface area contributed by atoms with E-state index in [-0.39, 0.29) is 18.7 Å². The highest BCUT2D eigenvalue weighted by Gasteiger charge is 2.25. The number of nitrogens with one attached hydrogen (secondary N) is 1. The molecule has 6 heteroatoms. The van der Waals surface area contributed by atoms with Crippen molar-refractivity contribution in [3.63, 3.8) is 0 Å². The highest BCUT2D eigenvalue weighted by Crippen LogP contribution is 2.24. The van der Waals surface area contributed by atoms with Gasteiger partial charge in [0.1, 0.15) is 17.9 Å². The Morgan fingerprint density at radius 1 is 1.32 bits per heavy atom. The minimum atomic E-state index is 0.175. The molecule has 2 atom stereocenters. The number of nitrogens with zero attached hydrogens (tertiary/aromatic N) is 3. The van der Waals surface area contributed by atoms with Crippen LogP contribution in [0.1, 0.15) is 25.5 Å². The van der Waals surface area contributed by atoms with Crippen LogP contribution in [0.25, 0.3) is 0 Å². The molecule has 0 radical (unpaired) electrons. The molecule has 6 nitrogen and oxygen atoms in total. The maximum atomic E-state index is 9.51. The summed E-state index contributed by atoms with van der Waals surface area (Å²) < 4.78 is 5.18. The van der Waals surface area contributed by atoms with E-state index in [4.69, 9.17) is 4.74 Å². The third-order valence-electron chi connectivity index (χ3n) is 4.61. The second-order valence-electron chi connectivity index (χ2n) is 6.52. The molecule has 1 aliphatic rings. The molecule has 0 aliphatic carbocycles. The monoisotopic (exact) mass is 342 g/mol. The molecule has 0 bridgehead atoms. The molecule has 3 rings (SSSR count). The number of anilines is 2. The smallest absolute Gasteiger partial charge is 0.132 e. The number of hydrogen-bond donors (Lipinski definition) is 2. The van der Waals surface area contributed by atoms with E-state index in [0.29, 0.717) is 0 Å². The summed E-state index contributed by atoms with van der Waals surface area (Å²) in [6.07, 6.45) is 4.54. The van der Waals surface area contributed by atoms with Gasteiger partial charge in [-0.3, -0.25) is 0 Å². The van der Waals surface area contributed by atoms with Crippen molar-refractivity contribution in [2.24, 2.45) is 0 Å². The summed E-state index contributed by atoms with van der Waals surface area (Å²) >= 11 is 0. The summed E-state index contributed by atoms with van der Waals surface area (Å²) in [4.78, 5) is 11.0. The molecule has 2 unspecified atom stereocenters. The Hall–Kier alpha value is -2.34. The van der Waals surface area contributed by atoms with E-state index >= 15 is 0 Å². The number of aliphatic hydroxyl groups is 1. The van der Waals surface area contributed by atoms with Gasteiger partial charge >= 0.3 is 0 Å². The van der Waals surface area contributed by atoms with Gasteiger partial charge in [-0.1, -0.05) is 0 Å². The third-order valence-corrected chi connectivity index (χ3v) is 4.61. The van der Waals surface area contributed by atoms with Crippen molar-refractivity contribution in [1.82, 2.24) is 9.97 Å². The van der Waals surface area contributed by atoms with Gasteiger partial charge in [0.25, 0.3) is 0 Å². The lowest BCUT2D eigenvalue weighted by molar-refractivity contribution is 0.266. The van der Waals surface area contributed by atoms with Gasteiger partial charge in [0.2, 0.25) is 0 Å². The van der Waals surface area contributed by atoms with Crippen molar-refractivity contribution >= 4 is 11.5 Å². The first-order chi connectivity index (χ1) is 12.2. The fourth-order valence-corrected chi connectivity index (χ4v) is 3.32. The van der Waals surface area contributed by atoms with Crippen LogP contribution in [0.15, 0.2) is 36.7 Å². The van der Waals surface area contributed by atoms with E-state index in [2.05, 4.69) is 27.1 Å². The molecular weight excluding hydrogens is 316 g/mol. The molecule has 25 heavy (non-hydrogen) atoms. The normalized spacial score (nSPS) is 18.2. The van der Waals surface area contributed by atoms with E-state index in [1.54, 1.807) is 13.4 Å². The number of aromatic nitrogens is 2.